The van der Waals surface area contributed by atoms with E-state index in [1.807, 2.05) is 0 Å². The van der Waals surface area contributed by atoms with Crippen molar-refractivity contribution in [3.8, 4) is 0 Å². The lowest BCUT2D eigenvalue weighted by Crippen LogP contribution is -2.35. The van der Waals surface area contributed by atoms with E-state index >= 15 is 0 Å². The van der Waals surface area contributed by atoms with E-state index in [1.54, 1.807) is 6.92 Å². The molecule has 3 N–H and O–H groups in total. The van der Waals surface area contributed by atoms with E-state index in [2.05, 4.69) is 12.3 Å². The number of rotatable bonds is 10. The number of hydrazine groups is 1. The van der Waals surface area contributed by atoms with Crippen LogP contribution in [0.1, 0.15) is 52.4 Å². The molecule has 0 aromatic carbocycles. The molecule has 0 aliphatic carbocycles. The van der Waals surface area contributed by atoms with Crippen molar-refractivity contribution in [2.24, 2.45) is 5.84 Å². The zero-order valence-corrected chi connectivity index (χ0v) is 11.4. The Hall–Kier alpha value is -0.130. The maximum atomic E-state index is 11.3. The van der Waals surface area contributed by atoms with Crippen LogP contribution < -0.4 is 11.3 Å². The highest BCUT2D eigenvalue weighted by molar-refractivity contribution is 7.91. The van der Waals surface area contributed by atoms with Gasteiger partial charge < -0.3 is 0 Å². The first-order chi connectivity index (χ1) is 7.55. The third-order valence-corrected chi connectivity index (χ3v) is 4.63. The second-order valence-corrected chi connectivity index (χ2v) is 6.71. The van der Waals surface area contributed by atoms with E-state index in [4.69, 9.17) is 5.84 Å². The minimum atomic E-state index is -2.82. The molecule has 5 heteroatoms. The molecule has 0 rings (SSSR count). The largest absolute Gasteiger partial charge is 0.271 e. The van der Waals surface area contributed by atoms with Gasteiger partial charge in [0.25, 0.3) is 0 Å². The molecular formula is C11H26N2O2S. The molecule has 0 aromatic heterocycles. The van der Waals surface area contributed by atoms with Gasteiger partial charge in [-0.05, 0) is 19.3 Å². The van der Waals surface area contributed by atoms with Crippen LogP contribution >= 0.6 is 0 Å². The van der Waals surface area contributed by atoms with Crippen LogP contribution in [0.5, 0.6) is 0 Å². The van der Waals surface area contributed by atoms with Crippen molar-refractivity contribution in [1.29, 1.82) is 0 Å². The van der Waals surface area contributed by atoms with Gasteiger partial charge in [-0.2, -0.15) is 0 Å². The summed E-state index contributed by atoms with van der Waals surface area (Å²) < 4.78 is 22.6. The Morgan fingerprint density at radius 2 is 1.75 bits per heavy atom. The second-order valence-electron chi connectivity index (χ2n) is 4.24. The third kappa shape index (κ3) is 8.07. The summed E-state index contributed by atoms with van der Waals surface area (Å²) in [5.41, 5.74) is 2.77. The molecule has 0 saturated heterocycles. The van der Waals surface area contributed by atoms with Crippen LogP contribution in [0.15, 0.2) is 0 Å². The van der Waals surface area contributed by atoms with Gasteiger partial charge in [0.1, 0.15) is 9.84 Å². The van der Waals surface area contributed by atoms with Gasteiger partial charge >= 0.3 is 0 Å². The van der Waals surface area contributed by atoms with Crippen LogP contribution in [0.3, 0.4) is 0 Å². The lowest BCUT2D eigenvalue weighted by Gasteiger charge is -2.15. The first kappa shape index (κ1) is 15.9. The number of unbranched alkanes of at least 4 members (excludes halogenated alkanes) is 2. The molecule has 98 valence electrons. The molecule has 0 aliphatic rings. The van der Waals surface area contributed by atoms with Crippen LogP contribution in [0.4, 0.5) is 0 Å². The summed E-state index contributed by atoms with van der Waals surface area (Å²) in [6.45, 7) is 3.86. The van der Waals surface area contributed by atoms with Crippen molar-refractivity contribution in [2.45, 2.75) is 58.4 Å². The van der Waals surface area contributed by atoms with E-state index < -0.39 is 9.84 Å². The topological polar surface area (TPSA) is 72.2 Å². The van der Waals surface area contributed by atoms with Crippen molar-refractivity contribution in [3.63, 3.8) is 0 Å². The zero-order valence-electron chi connectivity index (χ0n) is 10.5. The van der Waals surface area contributed by atoms with Gasteiger partial charge in [-0.15, -0.1) is 0 Å². The van der Waals surface area contributed by atoms with E-state index in [-0.39, 0.29) is 17.5 Å². The Labute approximate surface area is 99.9 Å². The predicted molar refractivity (Wildman–Crippen MR) is 68.8 cm³/mol. The Balaban J connectivity index is 3.70. The van der Waals surface area contributed by atoms with Crippen LogP contribution in [-0.4, -0.2) is 26.0 Å². The van der Waals surface area contributed by atoms with E-state index in [0.717, 1.165) is 19.3 Å². The van der Waals surface area contributed by atoms with Crippen molar-refractivity contribution < 1.29 is 8.42 Å². The average Bonchev–Trinajstić information content (AvgIpc) is 2.27. The van der Waals surface area contributed by atoms with E-state index in [9.17, 15) is 8.42 Å². The first-order valence-electron chi connectivity index (χ1n) is 6.22. The number of hydrogen-bond acceptors (Lipinski definition) is 4. The SMILES string of the molecule is CCCCCC(CCCS(=O)(=O)CC)NN. The first-order valence-corrected chi connectivity index (χ1v) is 8.04. The molecule has 0 fully saturated rings. The Morgan fingerprint density at radius 3 is 2.25 bits per heavy atom. The predicted octanol–water partition coefficient (Wildman–Crippen LogP) is 1.61. The molecule has 4 nitrogen and oxygen atoms in total. The molecule has 0 saturated carbocycles. The second kappa shape index (κ2) is 8.96. The summed E-state index contributed by atoms with van der Waals surface area (Å²) in [6, 6.07) is 0.263. The third-order valence-electron chi connectivity index (χ3n) is 2.84. The zero-order chi connectivity index (χ0) is 12.4. The number of sulfone groups is 1. The number of hydrogen-bond donors (Lipinski definition) is 2. The van der Waals surface area contributed by atoms with Crippen LogP contribution in [0, 0.1) is 0 Å². The molecule has 0 aliphatic heterocycles. The van der Waals surface area contributed by atoms with Gasteiger partial charge in [0, 0.05) is 11.8 Å². The van der Waals surface area contributed by atoms with Crippen molar-refractivity contribution in [1.82, 2.24) is 5.43 Å². The fourth-order valence-electron chi connectivity index (χ4n) is 1.65. The molecule has 0 aromatic rings. The Bertz CT molecular complexity index is 253. The monoisotopic (exact) mass is 250 g/mol. The minimum Gasteiger partial charge on any atom is -0.271 e. The normalized spacial score (nSPS) is 13.9. The fourth-order valence-corrected chi connectivity index (χ4v) is 2.54. The standard InChI is InChI=1S/C11H26N2O2S/c1-3-5-6-8-11(13-12)9-7-10-16(14,15)4-2/h11,13H,3-10,12H2,1-2H3. The summed E-state index contributed by atoms with van der Waals surface area (Å²) in [4.78, 5) is 0. The van der Waals surface area contributed by atoms with E-state index in [0.29, 0.717) is 6.42 Å². The highest BCUT2D eigenvalue weighted by Crippen LogP contribution is 2.09. The number of nitrogens with two attached hydrogens (primary N) is 1. The summed E-state index contributed by atoms with van der Waals surface area (Å²) >= 11 is 0. The highest BCUT2D eigenvalue weighted by atomic mass is 32.2. The average molecular weight is 250 g/mol. The molecule has 0 bridgehead atoms. The Morgan fingerprint density at radius 1 is 1.12 bits per heavy atom. The molecule has 0 spiro atoms. The van der Waals surface area contributed by atoms with Crippen LogP contribution in [0.25, 0.3) is 0 Å². The Kier molecular flexibility index (Phi) is 8.89. The molecule has 0 heterocycles. The van der Waals surface area contributed by atoms with Gasteiger partial charge in [0.05, 0.1) is 5.75 Å². The minimum absolute atomic E-state index is 0.240. The van der Waals surface area contributed by atoms with Crippen molar-refractivity contribution in [2.75, 3.05) is 11.5 Å². The van der Waals surface area contributed by atoms with Gasteiger partial charge in [0.2, 0.25) is 0 Å². The fraction of sp³-hybridized carbons (Fsp3) is 1.00. The molecule has 0 amide bonds. The number of nitrogens with one attached hydrogen (secondary N) is 1. The van der Waals surface area contributed by atoms with Crippen LogP contribution in [-0.2, 0) is 9.84 Å². The maximum Gasteiger partial charge on any atom is 0.150 e. The quantitative estimate of drug-likeness (QED) is 0.351. The van der Waals surface area contributed by atoms with Crippen molar-refractivity contribution >= 4 is 9.84 Å². The maximum absolute atomic E-state index is 11.3. The lowest BCUT2D eigenvalue weighted by atomic mass is 10.1. The van der Waals surface area contributed by atoms with Gasteiger partial charge in [-0.3, -0.25) is 11.3 Å². The molecular weight excluding hydrogens is 224 g/mol. The van der Waals surface area contributed by atoms with Gasteiger partial charge in [-0.25, -0.2) is 8.42 Å². The highest BCUT2D eigenvalue weighted by Gasteiger charge is 2.10. The summed E-state index contributed by atoms with van der Waals surface area (Å²) in [6.07, 6.45) is 6.16. The lowest BCUT2D eigenvalue weighted by molar-refractivity contribution is 0.439. The van der Waals surface area contributed by atoms with Gasteiger partial charge in [0.15, 0.2) is 0 Å². The van der Waals surface area contributed by atoms with Crippen molar-refractivity contribution in [3.05, 3.63) is 0 Å². The summed E-state index contributed by atoms with van der Waals surface area (Å²) in [5.74, 6) is 5.96. The van der Waals surface area contributed by atoms with Gasteiger partial charge in [-0.1, -0.05) is 33.1 Å². The van der Waals surface area contributed by atoms with Crippen LogP contribution in [0.2, 0.25) is 0 Å². The van der Waals surface area contributed by atoms with E-state index in [1.165, 1.54) is 12.8 Å². The molecule has 1 unspecified atom stereocenters. The molecule has 1 atom stereocenters. The molecule has 16 heavy (non-hydrogen) atoms. The smallest absolute Gasteiger partial charge is 0.150 e. The summed E-state index contributed by atoms with van der Waals surface area (Å²) in [5, 5.41) is 0. The summed E-state index contributed by atoms with van der Waals surface area (Å²) in [7, 11) is -2.82. The molecule has 0 radical (unpaired) electrons.